The first-order chi connectivity index (χ1) is 8.85. The number of rotatable bonds is 6. The summed E-state index contributed by atoms with van der Waals surface area (Å²) in [6, 6.07) is 12.7. The lowest BCUT2D eigenvalue weighted by atomic mass is 10.1. The zero-order valence-corrected chi connectivity index (χ0v) is 11.1. The van der Waals surface area contributed by atoms with E-state index in [9.17, 15) is 0 Å². The molecule has 1 unspecified atom stereocenters. The predicted octanol–water partition coefficient (Wildman–Crippen LogP) is 3.32. The van der Waals surface area contributed by atoms with Gasteiger partial charge in [0.25, 0.3) is 0 Å². The SMILES string of the molecule is CCCC(NCC)c1ccn(-c2ccccc2)n1. The highest BCUT2D eigenvalue weighted by Gasteiger charge is 2.12. The van der Waals surface area contributed by atoms with Crippen LogP contribution in [0.5, 0.6) is 0 Å². The standard InChI is InChI=1S/C15H21N3/c1-3-8-14(16-4-2)15-11-12-18(17-15)13-9-6-5-7-10-13/h5-7,9-12,14,16H,3-4,8H2,1-2H3. The number of hydrogen-bond donors (Lipinski definition) is 1. The van der Waals surface area contributed by atoms with Gasteiger partial charge in [-0.15, -0.1) is 0 Å². The summed E-state index contributed by atoms with van der Waals surface area (Å²) in [6.45, 7) is 5.32. The second-order valence-corrected chi connectivity index (χ2v) is 4.42. The van der Waals surface area contributed by atoms with E-state index in [0.717, 1.165) is 30.8 Å². The van der Waals surface area contributed by atoms with Gasteiger partial charge in [0, 0.05) is 6.20 Å². The summed E-state index contributed by atoms with van der Waals surface area (Å²) >= 11 is 0. The van der Waals surface area contributed by atoms with Crippen molar-refractivity contribution in [2.45, 2.75) is 32.7 Å². The summed E-state index contributed by atoms with van der Waals surface area (Å²) in [5.74, 6) is 0. The van der Waals surface area contributed by atoms with E-state index in [1.165, 1.54) is 0 Å². The highest BCUT2D eigenvalue weighted by atomic mass is 15.3. The summed E-state index contributed by atoms with van der Waals surface area (Å²) in [5, 5.41) is 8.16. The summed E-state index contributed by atoms with van der Waals surface area (Å²) in [6.07, 6.45) is 4.32. The third kappa shape index (κ3) is 2.99. The molecule has 1 atom stereocenters. The molecule has 96 valence electrons. The number of aromatic nitrogens is 2. The molecule has 0 aliphatic carbocycles. The molecule has 2 rings (SSSR count). The minimum absolute atomic E-state index is 0.366. The molecule has 1 heterocycles. The van der Waals surface area contributed by atoms with Crippen molar-refractivity contribution < 1.29 is 0 Å². The average molecular weight is 243 g/mol. The van der Waals surface area contributed by atoms with Crippen molar-refractivity contribution in [3.63, 3.8) is 0 Å². The topological polar surface area (TPSA) is 29.9 Å². The van der Waals surface area contributed by atoms with Crippen LogP contribution in [0.25, 0.3) is 5.69 Å². The van der Waals surface area contributed by atoms with E-state index in [4.69, 9.17) is 0 Å². The van der Waals surface area contributed by atoms with Gasteiger partial charge in [0.1, 0.15) is 0 Å². The molecule has 0 aliphatic rings. The maximum atomic E-state index is 4.67. The van der Waals surface area contributed by atoms with Crippen LogP contribution in [0.3, 0.4) is 0 Å². The Bertz CT molecular complexity index is 456. The van der Waals surface area contributed by atoms with Crippen LogP contribution in [0.1, 0.15) is 38.4 Å². The summed E-state index contributed by atoms with van der Waals surface area (Å²) in [5.41, 5.74) is 2.23. The normalized spacial score (nSPS) is 12.6. The van der Waals surface area contributed by atoms with Gasteiger partial charge < -0.3 is 5.32 Å². The minimum Gasteiger partial charge on any atom is -0.309 e. The van der Waals surface area contributed by atoms with Crippen molar-refractivity contribution in [1.29, 1.82) is 0 Å². The van der Waals surface area contributed by atoms with E-state index >= 15 is 0 Å². The number of nitrogens with one attached hydrogen (secondary N) is 1. The fourth-order valence-electron chi connectivity index (χ4n) is 2.14. The molecule has 2 aromatic rings. The zero-order chi connectivity index (χ0) is 12.8. The molecule has 1 aromatic heterocycles. The molecular formula is C15H21N3. The fourth-order valence-corrected chi connectivity index (χ4v) is 2.14. The van der Waals surface area contributed by atoms with Crippen LogP contribution in [-0.4, -0.2) is 16.3 Å². The Balaban J connectivity index is 2.18. The van der Waals surface area contributed by atoms with Crippen LogP contribution in [0, 0.1) is 0 Å². The quantitative estimate of drug-likeness (QED) is 0.843. The number of hydrogen-bond acceptors (Lipinski definition) is 2. The Kier molecular flexibility index (Phi) is 4.53. The third-order valence-corrected chi connectivity index (χ3v) is 3.02. The second-order valence-electron chi connectivity index (χ2n) is 4.42. The lowest BCUT2D eigenvalue weighted by Crippen LogP contribution is -2.21. The molecule has 0 aliphatic heterocycles. The van der Waals surface area contributed by atoms with Crippen molar-refractivity contribution in [3.8, 4) is 5.69 Å². The van der Waals surface area contributed by atoms with Crippen LogP contribution < -0.4 is 5.32 Å². The lowest BCUT2D eigenvalue weighted by molar-refractivity contribution is 0.494. The second kappa shape index (κ2) is 6.36. The zero-order valence-electron chi connectivity index (χ0n) is 11.1. The number of para-hydroxylation sites is 1. The number of nitrogens with zero attached hydrogens (tertiary/aromatic N) is 2. The van der Waals surface area contributed by atoms with E-state index in [2.05, 4.69) is 42.5 Å². The Hall–Kier alpha value is -1.61. The molecule has 0 radical (unpaired) electrons. The van der Waals surface area contributed by atoms with Crippen LogP contribution in [0.4, 0.5) is 0 Å². The summed E-state index contributed by atoms with van der Waals surface area (Å²) < 4.78 is 1.94. The molecule has 3 nitrogen and oxygen atoms in total. The molecule has 0 spiro atoms. The maximum Gasteiger partial charge on any atom is 0.0798 e. The van der Waals surface area contributed by atoms with Crippen LogP contribution >= 0.6 is 0 Å². The Labute approximate surface area is 109 Å². The highest BCUT2D eigenvalue weighted by Crippen LogP contribution is 2.17. The van der Waals surface area contributed by atoms with Gasteiger partial charge in [0.15, 0.2) is 0 Å². The molecule has 18 heavy (non-hydrogen) atoms. The number of benzene rings is 1. The van der Waals surface area contributed by atoms with Gasteiger partial charge in [0.2, 0.25) is 0 Å². The van der Waals surface area contributed by atoms with Gasteiger partial charge in [-0.3, -0.25) is 0 Å². The Morgan fingerprint density at radius 3 is 2.61 bits per heavy atom. The lowest BCUT2D eigenvalue weighted by Gasteiger charge is -2.14. The van der Waals surface area contributed by atoms with Crippen molar-refractivity contribution in [3.05, 3.63) is 48.3 Å². The van der Waals surface area contributed by atoms with Gasteiger partial charge in [0.05, 0.1) is 17.4 Å². The van der Waals surface area contributed by atoms with E-state index in [0.29, 0.717) is 6.04 Å². The van der Waals surface area contributed by atoms with Gasteiger partial charge in [-0.2, -0.15) is 5.10 Å². The summed E-state index contributed by atoms with van der Waals surface area (Å²) in [7, 11) is 0. The monoisotopic (exact) mass is 243 g/mol. The third-order valence-electron chi connectivity index (χ3n) is 3.02. The molecule has 0 amide bonds. The molecule has 1 aromatic carbocycles. The molecule has 0 fully saturated rings. The minimum atomic E-state index is 0.366. The van der Waals surface area contributed by atoms with Gasteiger partial charge in [-0.25, -0.2) is 4.68 Å². The fraction of sp³-hybridized carbons (Fsp3) is 0.400. The van der Waals surface area contributed by atoms with Crippen molar-refractivity contribution in [2.24, 2.45) is 0 Å². The predicted molar refractivity (Wildman–Crippen MR) is 74.9 cm³/mol. The first kappa shape index (κ1) is 12.8. The highest BCUT2D eigenvalue weighted by molar-refractivity contribution is 5.30. The molecule has 0 saturated carbocycles. The maximum absolute atomic E-state index is 4.67. The van der Waals surface area contributed by atoms with Gasteiger partial charge in [-0.1, -0.05) is 38.5 Å². The molecule has 0 saturated heterocycles. The van der Waals surface area contributed by atoms with E-state index in [-0.39, 0.29) is 0 Å². The smallest absolute Gasteiger partial charge is 0.0798 e. The first-order valence-corrected chi connectivity index (χ1v) is 6.69. The Morgan fingerprint density at radius 1 is 1.17 bits per heavy atom. The van der Waals surface area contributed by atoms with Crippen LogP contribution in [0.15, 0.2) is 42.6 Å². The van der Waals surface area contributed by atoms with Gasteiger partial charge >= 0.3 is 0 Å². The molecule has 0 bridgehead atoms. The first-order valence-electron chi connectivity index (χ1n) is 6.69. The largest absolute Gasteiger partial charge is 0.309 e. The van der Waals surface area contributed by atoms with Crippen LogP contribution in [-0.2, 0) is 0 Å². The Morgan fingerprint density at radius 2 is 1.94 bits per heavy atom. The molecule has 3 heteroatoms. The van der Waals surface area contributed by atoms with Crippen molar-refractivity contribution in [2.75, 3.05) is 6.54 Å². The van der Waals surface area contributed by atoms with E-state index in [1.807, 2.05) is 29.1 Å². The van der Waals surface area contributed by atoms with Crippen molar-refractivity contribution in [1.82, 2.24) is 15.1 Å². The average Bonchev–Trinajstić information content (AvgIpc) is 2.89. The molecular weight excluding hydrogens is 222 g/mol. The van der Waals surface area contributed by atoms with Crippen molar-refractivity contribution >= 4 is 0 Å². The van der Waals surface area contributed by atoms with Crippen LogP contribution in [0.2, 0.25) is 0 Å². The summed E-state index contributed by atoms with van der Waals surface area (Å²) in [4.78, 5) is 0. The molecule has 1 N–H and O–H groups in total. The van der Waals surface area contributed by atoms with Gasteiger partial charge in [-0.05, 0) is 31.2 Å². The van der Waals surface area contributed by atoms with E-state index < -0.39 is 0 Å². The van der Waals surface area contributed by atoms with E-state index in [1.54, 1.807) is 0 Å².